The molecule has 0 bridgehead atoms. The van der Waals surface area contributed by atoms with Gasteiger partial charge in [-0.3, -0.25) is 9.98 Å². The average molecular weight is 782 g/mol. The first-order chi connectivity index (χ1) is 20.5. The Bertz CT molecular complexity index is 1270. The van der Waals surface area contributed by atoms with Gasteiger partial charge in [0.15, 0.2) is 0 Å². The Balaban J connectivity index is 0.000000376. The van der Waals surface area contributed by atoms with Gasteiger partial charge < -0.3 is 10.6 Å². The zero-order valence-electron chi connectivity index (χ0n) is 23.9. The van der Waals surface area contributed by atoms with Crippen LogP contribution in [0.4, 0.5) is 22.7 Å². The van der Waals surface area contributed by atoms with Gasteiger partial charge in [0, 0.05) is 11.4 Å². The summed E-state index contributed by atoms with van der Waals surface area (Å²) < 4.78 is 0. The molecule has 42 heavy (non-hydrogen) atoms. The number of nitrogens with zero attached hydrogens (tertiary/aromatic N) is 4. The Morgan fingerprint density at radius 1 is 0.476 bits per heavy atom. The van der Waals surface area contributed by atoms with Crippen LogP contribution in [0.5, 0.6) is 0 Å². The van der Waals surface area contributed by atoms with Crippen molar-refractivity contribution in [2.24, 2.45) is 9.98 Å². The number of para-hydroxylation sites is 4. The van der Waals surface area contributed by atoms with E-state index in [-0.39, 0.29) is 0 Å². The first-order valence-electron chi connectivity index (χ1n) is 12.8. The van der Waals surface area contributed by atoms with Crippen molar-refractivity contribution in [3.63, 3.8) is 0 Å². The molecule has 224 valence electrons. The third-order valence-corrected chi connectivity index (χ3v) is 5.08. The Morgan fingerprint density at radius 2 is 0.738 bits per heavy atom. The van der Waals surface area contributed by atoms with E-state index in [9.17, 15) is 0 Å². The van der Waals surface area contributed by atoms with Crippen LogP contribution >= 0.6 is 19.1 Å². The van der Waals surface area contributed by atoms with Gasteiger partial charge in [-0.05, 0) is 38.1 Å². The van der Waals surface area contributed by atoms with E-state index in [0.29, 0.717) is 0 Å². The van der Waals surface area contributed by atoms with E-state index >= 15 is 0 Å². The fourth-order valence-electron chi connectivity index (χ4n) is 3.56. The molecule has 0 aliphatic carbocycles. The third kappa shape index (κ3) is 17.2. The van der Waals surface area contributed by atoms with Crippen LogP contribution in [0.15, 0.2) is 155 Å². The summed E-state index contributed by atoms with van der Waals surface area (Å²) >= 11 is 4.44. The molecule has 0 heterocycles. The van der Waals surface area contributed by atoms with E-state index < -0.39 is 0 Å². The molecule has 4 nitrogen and oxygen atoms in total. The second-order valence-electron chi connectivity index (χ2n) is 8.64. The number of halogens is 2. The number of hydrogen-bond donors (Lipinski definition) is 0. The van der Waals surface area contributed by atoms with E-state index in [4.69, 9.17) is 0 Å². The monoisotopic (exact) mass is 780 g/mol. The van der Waals surface area contributed by atoms with Crippen molar-refractivity contribution in [2.75, 3.05) is 0 Å². The Hall–Kier alpha value is -2.80. The molecule has 4 aromatic rings. The quantitative estimate of drug-likeness (QED) is 0.126. The summed E-state index contributed by atoms with van der Waals surface area (Å²) in [4.78, 5) is 9.04. The Morgan fingerprint density at radius 3 is 1.02 bits per heavy atom. The second kappa shape index (κ2) is 23.7. The fourth-order valence-corrected chi connectivity index (χ4v) is 3.56. The van der Waals surface area contributed by atoms with E-state index in [2.05, 4.69) is 76.0 Å². The first-order valence-corrected chi connectivity index (χ1v) is 16.8. The van der Waals surface area contributed by atoms with Gasteiger partial charge in [0.1, 0.15) is 0 Å². The Kier molecular flexibility index (Phi) is 21.0. The predicted molar refractivity (Wildman–Crippen MR) is 177 cm³/mol. The number of rotatable bonds is 8. The molecule has 8 heteroatoms. The molecule has 0 spiro atoms. The molecule has 0 saturated carbocycles. The molecule has 4 aromatic carbocycles. The third-order valence-electron chi connectivity index (χ3n) is 5.08. The predicted octanol–water partition coefficient (Wildman–Crippen LogP) is 12.2. The topological polar surface area (TPSA) is 52.9 Å². The van der Waals surface area contributed by atoms with Crippen LogP contribution in [-0.2, 0) is 36.4 Å². The summed E-state index contributed by atoms with van der Waals surface area (Å²) in [5.41, 5.74) is 7.64. The van der Waals surface area contributed by atoms with E-state index in [0.717, 1.165) is 45.6 Å². The summed E-state index contributed by atoms with van der Waals surface area (Å²) in [6.07, 6.45) is 3.97. The van der Waals surface area contributed by atoms with Gasteiger partial charge in [-0.2, -0.15) is 11.4 Å². The summed E-state index contributed by atoms with van der Waals surface area (Å²) in [6, 6.07) is 39.7. The van der Waals surface area contributed by atoms with E-state index in [1.165, 1.54) is 0 Å². The van der Waals surface area contributed by atoms with Crippen LogP contribution in [0.2, 0.25) is 0 Å². The molecule has 0 atom stereocenters. The van der Waals surface area contributed by atoms with Gasteiger partial charge >= 0.3 is 55.4 Å². The molecule has 0 fully saturated rings. The van der Waals surface area contributed by atoms with Crippen molar-refractivity contribution in [2.45, 2.75) is 27.7 Å². The van der Waals surface area contributed by atoms with Crippen molar-refractivity contribution in [3.05, 3.63) is 156 Å². The minimum absolute atomic E-state index is 0.948. The fraction of sp³-hybridized carbons (Fsp3) is 0.118. The second-order valence-corrected chi connectivity index (χ2v) is 8.64. The zero-order valence-corrected chi connectivity index (χ0v) is 28.5. The molecule has 0 N–H and O–H groups in total. The van der Waals surface area contributed by atoms with Crippen LogP contribution in [-0.4, -0.2) is 11.4 Å². The zero-order chi connectivity index (χ0) is 31.0. The van der Waals surface area contributed by atoms with Crippen LogP contribution in [0.1, 0.15) is 27.7 Å². The van der Waals surface area contributed by atoms with Gasteiger partial charge in [-0.1, -0.05) is 123 Å². The number of hydrogen-bond acceptors (Lipinski definition) is 2. The van der Waals surface area contributed by atoms with Crippen molar-refractivity contribution in [1.82, 2.24) is 0 Å². The molecular weight excluding hydrogens is 748 g/mol. The van der Waals surface area contributed by atoms with E-state index in [1.807, 2.05) is 161 Å². The van der Waals surface area contributed by atoms with Crippen molar-refractivity contribution in [3.8, 4) is 0 Å². The van der Waals surface area contributed by atoms with Crippen LogP contribution < -0.4 is 0 Å². The molecule has 0 saturated heterocycles. The molecule has 0 aliphatic heterocycles. The molecule has 0 aromatic heterocycles. The van der Waals surface area contributed by atoms with Gasteiger partial charge in [0.25, 0.3) is 0 Å². The summed E-state index contributed by atoms with van der Waals surface area (Å²) in [7, 11) is 8.98. The molecular formula is C34H34Cl2N4Pd2. The maximum atomic E-state index is 4.52. The molecule has 0 amide bonds. The number of aliphatic imine (C=N–C) groups is 2. The van der Waals surface area contributed by atoms with Gasteiger partial charge in [-0.25, -0.2) is 0 Å². The summed E-state index contributed by atoms with van der Waals surface area (Å²) in [5.74, 6) is 0. The summed E-state index contributed by atoms with van der Waals surface area (Å²) in [5, 5.41) is 9.04. The maximum absolute atomic E-state index is 4.52. The van der Waals surface area contributed by atoms with Gasteiger partial charge in [0.05, 0.1) is 11.4 Å². The van der Waals surface area contributed by atoms with Crippen molar-refractivity contribution >= 4 is 53.2 Å². The van der Waals surface area contributed by atoms with Crippen molar-refractivity contribution in [1.29, 1.82) is 0 Å². The van der Waals surface area contributed by atoms with Gasteiger partial charge in [-0.15, -0.1) is 11.4 Å². The molecule has 0 radical (unpaired) electrons. The van der Waals surface area contributed by atoms with Gasteiger partial charge in [0.2, 0.25) is 0 Å². The number of allylic oxidation sites excluding steroid dienone is 4. The van der Waals surface area contributed by atoms with Crippen molar-refractivity contribution < 1.29 is 36.4 Å². The van der Waals surface area contributed by atoms with Crippen LogP contribution in [0.25, 0.3) is 10.6 Å². The van der Waals surface area contributed by atoms with Crippen LogP contribution in [0, 0.1) is 0 Å². The molecule has 4 rings (SSSR count). The SMILES string of the molecule is CC(/C=C(\C)[N-]c1ccccc1)=Nc1ccccc1.CC(/C=C(\C)[N-]c1ccccc1)=Nc1ccccc1.[Cl][Pd+].[Cl][Pd+]. The average Bonchev–Trinajstić information content (AvgIpc) is 3.01. The Labute approximate surface area is 280 Å². The number of benzene rings is 4. The summed E-state index contributed by atoms with van der Waals surface area (Å²) in [6.45, 7) is 7.93. The minimum atomic E-state index is 0.948. The van der Waals surface area contributed by atoms with Crippen LogP contribution in [0.3, 0.4) is 0 Å². The normalized spacial score (nSPS) is 11.5. The van der Waals surface area contributed by atoms with E-state index in [1.54, 1.807) is 0 Å². The standard InChI is InChI=1S/2C17H17N2.2ClH.2Pd/c2*1-14(18-16-9-5-3-6-10-16)13-15(2)19-17-11-7-4-8-12-17;;;;/h2*3-13H,1-2H3;2*1H;;/q2*-1;;;2*+2/p-2/b2*14-13+,19-15?;;;;. The molecule has 0 aliphatic rings. The first kappa shape index (κ1) is 37.2. The molecule has 0 unspecified atom stereocenters.